The van der Waals surface area contributed by atoms with Crippen LogP contribution in [0.3, 0.4) is 0 Å². The molecule has 3 nitrogen and oxygen atoms in total. The molecule has 11 rings (SSSR count). The Bertz CT molecular complexity index is 3040. The van der Waals surface area contributed by atoms with Gasteiger partial charge >= 0.3 is 0 Å². The van der Waals surface area contributed by atoms with Crippen molar-refractivity contribution in [2.24, 2.45) is 0 Å². The molecule has 0 amide bonds. The predicted molar refractivity (Wildman–Crippen MR) is 216 cm³/mol. The normalized spacial score (nSPS) is 13.3. The molecule has 0 saturated heterocycles. The van der Waals surface area contributed by atoms with Crippen LogP contribution in [0.2, 0.25) is 0 Å². The van der Waals surface area contributed by atoms with Crippen LogP contribution in [-0.2, 0) is 5.41 Å². The predicted octanol–water partition coefficient (Wildman–Crippen LogP) is 14.1. The third-order valence-electron chi connectivity index (χ3n) is 11.3. The van der Waals surface area contributed by atoms with E-state index in [2.05, 4.69) is 164 Å². The standard InChI is InChI=1S/C49H33NO2/c1-49(2)41-17-9-6-14-35(41)36-26-24-34(29-42(36)49)50(32-22-20-31(21-23-32)30-12-4-3-5-13-30)33-25-27-37-40(28-33)45-38-15-7-10-18-43(38)52-48(45)46-39-16-8-11-19-44(39)51-47(37)46/h3-29H,1-2H3. The van der Waals surface area contributed by atoms with E-state index < -0.39 is 0 Å². The molecule has 0 saturated carbocycles. The zero-order valence-electron chi connectivity index (χ0n) is 28.9. The third kappa shape index (κ3) is 4.08. The summed E-state index contributed by atoms with van der Waals surface area (Å²) in [6.45, 7) is 4.69. The van der Waals surface area contributed by atoms with Crippen LogP contribution >= 0.6 is 0 Å². The number of anilines is 3. The fraction of sp³-hybridized carbons (Fsp3) is 0.0612. The first-order valence-electron chi connectivity index (χ1n) is 17.9. The number of fused-ring (bicyclic) bond motifs is 13. The van der Waals surface area contributed by atoms with Crippen molar-refractivity contribution in [2.75, 3.05) is 4.90 Å². The highest BCUT2D eigenvalue weighted by atomic mass is 16.3. The zero-order chi connectivity index (χ0) is 34.6. The van der Waals surface area contributed by atoms with Crippen LogP contribution in [0.25, 0.3) is 76.9 Å². The van der Waals surface area contributed by atoms with Gasteiger partial charge in [0.25, 0.3) is 0 Å². The minimum atomic E-state index is -0.122. The van der Waals surface area contributed by atoms with Crippen molar-refractivity contribution in [3.8, 4) is 22.3 Å². The van der Waals surface area contributed by atoms with E-state index in [0.29, 0.717) is 0 Å². The van der Waals surface area contributed by atoms with E-state index >= 15 is 0 Å². The molecular formula is C49H33NO2. The topological polar surface area (TPSA) is 29.5 Å². The molecule has 8 aromatic carbocycles. The lowest BCUT2D eigenvalue weighted by Gasteiger charge is -2.28. The van der Waals surface area contributed by atoms with E-state index in [0.717, 1.165) is 71.7 Å². The van der Waals surface area contributed by atoms with Gasteiger partial charge in [0.05, 0.1) is 5.39 Å². The number of furan rings is 2. The number of hydrogen-bond acceptors (Lipinski definition) is 3. The van der Waals surface area contributed by atoms with E-state index in [4.69, 9.17) is 8.83 Å². The summed E-state index contributed by atoms with van der Waals surface area (Å²) >= 11 is 0. The van der Waals surface area contributed by atoms with Gasteiger partial charge in [0.2, 0.25) is 0 Å². The van der Waals surface area contributed by atoms with E-state index in [1.54, 1.807) is 0 Å². The van der Waals surface area contributed by atoms with Crippen molar-refractivity contribution in [3.05, 3.63) is 175 Å². The fourth-order valence-electron chi connectivity index (χ4n) is 8.74. The quantitative estimate of drug-likeness (QED) is 0.187. The molecule has 0 fully saturated rings. The highest BCUT2D eigenvalue weighted by Crippen LogP contribution is 2.51. The van der Waals surface area contributed by atoms with Crippen LogP contribution in [0.1, 0.15) is 25.0 Å². The molecule has 1 aliphatic carbocycles. The number of para-hydroxylation sites is 2. The van der Waals surface area contributed by atoms with Crippen molar-refractivity contribution in [1.29, 1.82) is 0 Å². The third-order valence-corrected chi connectivity index (χ3v) is 11.3. The van der Waals surface area contributed by atoms with E-state index in [1.165, 1.54) is 33.4 Å². The molecule has 0 radical (unpaired) electrons. The largest absolute Gasteiger partial charge is 0.455 e. The monoisotopic (exact) mass is 667 g/mol. The molecule has 2 heterocycles. The van der Waals surface area contributed by atoms with Gasteiger partial charge in [-0.05, 0) is 93.4 Å². The van der Waals surface area contributed by atoms with Gasteiger partial charge in [-0.2, -0.15) is 0 Å². The molecule has 0 spiro atoms. The Morgan fingerprint density at radius 1 is 0.404 bits per heavy atom. The minimum absolute atomic E-state index is 0.122. The Hall–Kier alpha value is -6.58. The summed E-state index contributed by atoms with van der Waals surface area (Å²) in [5, 5.41) is 6.46. The lowest BCUT2D eigenvalue weighted by atomic mass is 9.82. The Morgan fingerprint density at radius 3 is 1.77 bits per heavy atom. The summed E-state index contributed by atoms with van der Waals surface area (Å²) in [5.41, 5.74) is 14.3. The minimum Gasteiger partial charge on any atom is -0.455 e. The molecule has 0 bridgehead atoms. The van der Waals surface area contributed by atoms with Crippen molar-refractivity contribution >= 4 is 71.7 Å². The average Bonchev–Trinajstić information content (AvgIpc) is 3.84. The highest BCUT2D eigenvalue weighted by Gasteiger charge is 2.36. The van der Waals surface area contributed by atoms with Gasteiger partial charge in [-0.25, -0.2) is 0 Å². The number of rotatable bonds is 4. The van der Waals surface area contributed by atoms with E-state index in [9.17, 15) is 0 Å². The van der Waals surface area contributed by atoms with Gasteiger partial charge in [0.15, 0.2) is 0 Å². The second kappa shape index (κ2) is 10.7. The van der Waals surface area contributed by atoms with Crippen LogP contribution in [0.4, 0.5) is 17.1 Å². The second-order valence-corrected chi connectivity index (χ2v) is 14.5. The molecular weight excluding hydrogens is 635 g/mol. The molecule has 0 unspecified atom stereocenters. The van der Waals surface area contributed by atoms with Gasteiger partial charge in [0.1, 0.15) is 22.3 Å². The van der Waals surface area contributed by atoms with Crippen molar-refractivity contribution in [3.63, 3.8) is 0 Å². The first-order chi connectivity index (χ1) is 25.5. The molecule has 52 heavy (non-hydrogen) atoms. The average molecular weight is 668 g/mol. The summed E-state index contributed by atoms with van der Waals surface area (Å²) in [6.07, 6.45) is 0. The Morgan fingerprint density at radius 2 is 0.981 bits per heavy atom. The molecule has 3 heteroatoms. The van der Waals surface area contributed by atoms with Gasteiger partial charge in [-0.1, -0.05) is 123 Å². The van der Waals surface area contributed by atoms with Crippen molar-refractivity contribution in [1.82, 2.24) is 0 Å². The van der Waals surface area contributed by atoms with Crippen LogP contribution < -0.4 is 4.90 Å². The Kier molecular flexibility index (Phi) is 6.01. The Balaban J connectivity index is 1.18. The van der Waals surface area contributed by atoms with Crippen LogP contribution in [0.15, 0.2) is 173 Å². The first-order valence-corrected chi connectivity index (χ1v) is 17.9. The summed E-state index contributed by atoms with van der Waals surface area (Å²) in [4.78, 5) is 2.39. The molecule has 1 aliphatic rings. The van der Waals surface area contributed by atoms with Crippen LogP contribution in [0.5, 0.6) is 0 Å². The first kappa shape index (κ1) is 29.2. The summed E-state index contributed by atoms with van der Waals surface area (Å²) in [7, 11) is 0. The van der Waals surface area contributed by atoms with Crippen molar-refractivity contribution < 1.29 is 8.83 Å². The van der Waals surface area contributed by atoms with Gasteiger partial charge < -0.3 is 13.7 Å². The maximum atomic E-state index is 6.70. The van der Waals surface area contributed by atoms with E-state index in [1.807, 2.05) is 18.2 Å². The zero-order valence-corrected chi connectivity index (χ0v) is 28.9. The highest BCUT2D eigenvalue weighted by molar-refractivity contribution is 6.33. The Labute approximate surface area is 301 Å². The lowest BCUT2D eigenvalue weighted by Crippen LogP contribution is -2.16. The van der Waals surface area contributed by atoms with Gasteiger partial charge in [0, 0.05) is 44.0 Å². The maximum absolute atomic E-state index is 6.70. The number of hydrogen-bond donors (Lipinski definition) is 0. The molecule has 0 N–H and O–H groups in total. The number of benzene rings is 8. The molecule has 0 atom stereocenters. The summed E-state index contributed by atoms with van der Waals surface area (Å²) in [6, 6.07) is 58.7. The molecule has 246 valence electrons. The molecule has 2 aromatic heterocycles. The smallest absolute Gasteiger partial charge is 0.147 e. The molecule has 0 aliphatic heterocycles. The van der Waals surface area contributed by atoms with Crippen LogP contribution in [-0.4, -0.2) is 0 Å². The maximum Gasteiger partial charge on any atom is 0.147 e. The molecule has 10 aromatic rings. The van der Waals surface area contributed by atoms with Crippen LogP contribution in [0, 0.1) is 0 Å². The van der Waals surface area contributed by atoms with E-state index in [-0.39, 0.29) is 5.41 Å². The summed E-state index contributed by atoms with van der Waals surface area (Å²) < 4.78 is 13.3. The summed E-state index contributed by atoms with van der Waals surface area (Å²) in [5.74, 6) is 0. The SMILES string of the molecule is CC1(C)c2ccccc2-c2ccc(N(c3ccc(-c4ccccc4)cc3)c3ccc4c(c3)c3c5ccccc5oc3c3c5ccccc5oc43)cc21. The van der Waals surface area contributed by atoms with Gasteiger partial charge in [-0.3, -0.25) is 0 Å². The van der Waals surface area contributed by atoms with Crippen molar-refractivity contribution in [2.45, 2.75) is 19.3 Å². The number of nitrogens with zero attached hydrogens (tertiary/aromatic N) is 1. The second-order valence-electron chi connectivity index (χ2n) is 14.5. The van der Waals surface area contributed by atoms with Gasteiger partial charge in [-0.15, -0.1) is 0 Å². The fourth-order valence-corrected chi connectivity index (χ4v) is 8.74. The lowest BCUT2D eigenvalue weighted by molar-refractivity contribution is 0.660.